The molecule has 3 N–H and O–H groups in total. The Kier molecular flexibility index (Phi) is 69.9. The van der Waals surface area contributed by atoms with Crippen molar-refractivity contribution in [2.75, 3.05) is 39.6 Å². The van der Waals surface area contributed by atoms with Gasteiger partial charge in [0.2, 0.25) is 0 Å². The van der Waals surface area contributed by atoms with E-state index in [0.29, 0.717) is 31.6 Å². The molecule has 0 fully saturated rings. The van der Waals surface area contributed by atoms with Crippen molar-refractivity contribution in [1.82, 2.24) is 0 Å². The van der Waals surface area contributed by atoms with Crippen molar-refractivity contribution >= 4 is 39.5 Å². The summed E-state index contributed by atoms with van der Waals surface area (Å²) in [6, 6.07) is 0. The number of phosphoric ester groups is 2. The lowest BCUT2D eigenvalue weighted by Gasteiger charge is -2.21. The number of esters is 4. The van der Waals surface area contributed by atoms with Crippen molar-refractivity contribution in [3.05, 3.63) is 0 Å². The van der Waals surface area contributed by atoms with E-state index in [9.17, 15) is 43.2 Å². The minimum Gasteiger partial charge on any atom is -0.462 e. The van der Waals surface area contributed by atoms with E-state index in [4.69, 9.17) is 37.0 Å². The summed E-state index contributed by atoms with van der Waals surface area (Å²) in [6.45, 7) is 11.9. The van der Waals surface area contributed by atoms with Gasteiger partial charge in [0.1, 0.15) is 19.3 Å². The van der Waals surface area contributed by atoms with Crippen molar-refractivity contribution in [3.8, 4) is 0 Å². The fourth-order valence-corrected chi connectivity index (χ4v) is 14.0. The average molecular weight is 1470 g/mol. The quantitative estimate of drug-likeness (QED) is 0.0222. The topological polar surface area (TPSA) is 237 Å². The third-order valence-electron chi connectivity index (χ3n) is 19.6. The maximum absolute atomic E-state index is 13.1. The van der Waals surface area contributed by atoms with Crippen molar-refractivity contribution in [2.24, 2.45) is 17.8 Å². The number of ether oxygens (including phenoxy) is 4. The number of aliphatic hydroxyl groups is 1. The number of unbranched alkanes of at least 4 members (excludes halogenated alkanes) is 45. The summed E-state index contributed by atoms with van der Waals surface area (Å²) in [5.74, 6) is 0.292. The Morgan fingerprint density at radius 2 is 0.510 bits per heavy atom. The Balaban J connectivity index is 5.11. The van der Waals surface area contributed by atoms with Gasteiger partial charge in [-0.3, -0.25) is 37.3 Å². The number of carbonyl (C=O) groups is 4. The SMILES string of the molecule is CCCCCCCCCC(=O)OC[C@H](COP(=O)(O)OC[C@H](O)COP(=O)(O)OC[C@@H](COC(=O)CCCCCCCCCCCCCCCCCCCCC(C)CC)OC(=O)CCCCCCCCCCCCCCCCCCCCC(C)CC)OC(=O)CCCCCCCCC(C)C. The predicted octanol–water partition coefficient (Wildman–Crippen LogP) is 24.1. The normalized spacial score (nSPS) is 14.5. The first-order valence-electron chi connectivity index (χ1n) is 41.9. The Morgan fingerprint density at radius 3 is 0.760 bits per heavy atom. The van der Waals surface area contributed by atoms with E-state index in [1.165, 1.54) is 218 Å². The zero-order chi connectivity index (χ0) is 73.7. The zero-order valence-electron chi connectivity index (χ0n) is 65.7. The molecular weight excluding hydrogens is 1310 g/mol. The maximum atomic E-state index is 13.1. The van der Waals surface area contributed by atoms with Gasteiger partial charge in [-0.05, 0) is 43.4 Å². The molecular formula is C81H158O17P2. The van der Waals surface area contributed by atoms with Gasteiger partial charge in [0.15, 0.2) is 12.2 Å². The number of hydrogen-bond acceptors (Lipinski definition) is 15. The average Bonchev–Trinajstić information content (AvgIpc) is 0.909. The van der Waals surface area contributed by atoms with Crippen LogP contribution in [0.1, 0.15) is 421 Å². The molecule has 100 heavy (non-hydrogen) atoms. The molecule has 19 heteroatoms. The molecule has 594 valence electrons. The molecule has 0 heterocycles. The van der Waals surface area contributed by atoms with Gasteiger partial charge >= 0.3 is 39.5 Å². The fraction of sp³-hybridized carbons (Fsp3) is 0.951. The molecule has 0 aromatic carbocycles. The first-order valence-corrected chi connectivity index (χ1v) is 44.9. The molecule has 0 aliphatic rings. The van der Waals surface area contributed by atoms with E-state index in [1.807, 2.05) is 0 Å². The highest BCUT2D eigenvalue weighted by Gasteiger charge is 2.30. The van der Waals surface area contributed by atoms with Gasteiger partial charge in [0, 0.05) is 25.7 Å². The van der Waals surface area contributed by atoms with Gasteiger partial charge in [-0.2, -0.15) is 0 Å². The molecule has 0 aromatic heterocycles. The van der Waals surface area contributed by atoms with Crippen molar-refractivity contribution in [1.29, 1.82) is 0 Å². The van der Waals surface area contributed by atoms with E-state index in [-0.39, 0.29) is 25.7 Å². The summed E-state index contributed by atoms with van der Waals surface area (Å²) in [5, 5.41) is 10.6. The molecule has 0 radical (unpaired) electrons. The monoisotopic (exact) mass is 1470 g/mol. The summed E-state index contributed by atoms with van der Waals surface area (Å²) in [4.78, 5) is 72.7. The highest BCUT2D eigenvalue weighted by Crippen LogP contribution is 2.45. The van der Waals surface area contributed by atoms with Crippen LogP contribution in [0, 0.1) is 17.8 Å². The van der Waals surface area contributed by atoms with Crippen LogP contribution in [0.2, 0.25) is 0 Å². The van der Waals surface area contributed by atoms with E-state index >= 15 is 0 Å². The van der Waals surface area contributed by atoms with Crippen molar-refractivity contribution in [3.63, 3.8) is 0 Å². The number of aliphatic hydroxyl groups excluding tert-OH is 1. The third kappa shape index (κ3) is 71.7. The summed E-state index contributed by atoms with van der Waals surface area (Å²) >= 11 is 0. The van der Waals surface area contributed by atoms with Gasteiger partial charge in [-0.1, -0.05) is 370 Å². The van der Waals surface area contributed by atoms with Crippen LogP contribution in [0.3, 0.4) is 0 Å². The first-order chi connectivity index (χ1) is 48.3. The van der Waals surface area contributed by atoms with Crippen LogP contribution < -0.4 is 0 Å². The second-order valence-electron chi connectivity index (χ2n) is 30.1. The molecule has 0 aliphatic heterocycles. The molecule has 0 rings (SSSR count). The number of rotatable bonds is 79. The van der Waals surface area contributed by atoms with Crippen LogP contribution in [0.25, 0.3) is 0 Å². The van der Waals surface area contributed by atoms with Crippen molar-refractivity contribution in [2.45, 2.75) is 439 Å². The van der Waals surface area contributed by atoms with Crippen LogP contribution in [-0.2, 0) is 65.4 Å². The second-order valence-corrected chi connectivity index (χ2v) is 33.0. The molecule has 7 atom stereocenters. The molecule has 0 aromatic rings. The molecule has 17 nitrogen and oxygen atoms in total. The minimum absolute atomic E-state index is 0.102. The van der Waals surface area contributed by atoms with Gasteiger partial charge < -0.3 is 33.8 Å². The lowest BCUT2D eigenvalue weighted by molar-refractivity contribution is -0.161. The first kappa shape index (κ1) is 98.1. The highest BCUT2D eigenvalue weighted by atomic mass is 31.2. The molecule has 0 spiro atoms. The molecule has 0 amide bonds. The molecule has 4 unspecified atom stereocenters. The highest BCUT2D eigenvalue weighted by molar-refractivity contribution is 7.47. The van der Waals surface area contributed by atoms with Crippen LogP contribution >= 0.6 is 15.6 Å². The third-order valence-corrected chi connectivity index (χ3v) is 21.5. The van der Waals surface area contributed by atoms with Crippen LogP contribution in [0.15, 0.2) is 0 Å². The number of carbonyl (C=O) groups excluding carboxylic acids is 4. The lowest BCUT2D eigenvalue weighted by atomic mass is 9.99. The summed E-state index contributed by atoms with van der Waals surface area (Å²) in [7, 11) is -9.91. The largest absolute Gasteiger partial charge is 0.472 e. The number of phosphoric acid groups is 2. The zero-order valence-corrected chi connectivity index (χ0v) is 67.5. The smallest absolute Gasteiger partial charge is 0.462 e. The molecule has 0 bridgehead atoms. The Hall–Kier alpha value is -1.94. The second kappa shape index (κ2) is 71.3. The van der Waals surface area contributed by atoms with E-state index in [0.717, 1.165) is 115 Å². The Morgan fingerprint density at radius 1 is 0.290 bits per heavy atom. The van der Waals surface area contributed by atoms with E-state index < -0.39 is 97.5 Å². The lowest BCUT2D eigenvalue weighted by Crippen LogP contribution is -2.30. The van der Waals surface area contributed by atoms with E-state index in [1.54, 1.807) is 0 Å². The minimum atomic E-state index is -4.96. The van der Waals surface area contributed by atoms with Crippen molar-refractivity contribution < 1.29 is 80.2 Å². The number of hydrogen-bond donors (Lipinski definition) is 3. The molecule has 0 saturated carbocycles. The summed E-state index contributed by atoms with van der Waals surface area (Å²) < 4.78 is 68.4. The Bertz CT molecular complexity index is 1940. The van der Waals surface area contributed by atoms with Crippen LogP contribution in [0.4, 0.5) is 0 Å². The molecule has 0 aliphatic carbocycles. The van der Waals surface area contributed by atoms with Crippen LogP contribution in [0.5, 0.6) is 0 Å². The van der Waals surface area contributed by atoms with Gasteiger partial charge in [0.25, 0.3) is 0 Å². The van der Waals surface area contributed by atoms with Gasteiger partial charge in [-0.15, -0.1) is 0 Å². The van der Waals surface area contributed by atoms with Gasteiger partial charge in [0.05, 0.1) is 26.4 Å². The standard InChI is InChI=1S/C81H158O17P2/c1-8-11-12-13-38-48-55-62-78(83)91-68-77(98-81(86)65-58-51-44-43-45-52-59-72(4)5)71-96-100(89,90)94-67-75(82)66-93-99(87,88)95-70-76(97-80(85)64-57-50-42-37-33-29-25-21-17-15-19-23-27-31-35-40-47-54-61-74(7)10-3)69-92-79(84)63-56-49-41-36-32-28-24-20-16-14-18-22-26-30-34-39-46-53-60-73(6)9-2/h72-77,82H,8-71H2,1-7H3,(H,87,88)(H,89,90)/t73?,74?,75-,76-,77-/m1/s1. The Labute approximate surface area is 613 Å². The van der Waals surface area contributed by atoms with Gasteiger partial charge in [-0.25, -0.2) is 9.13 Å². The van der Waals surface area contributed by atoms with Crippen LogP contribution in [-0.4, -0.2) is 96.7 Å². The van der Waals surface area contributed by atoms with E-state index in [2.05, 4.69) is 48.5 Å². The molecule has 0 saturated heterocycles. The maximum Gasteiger partial charge on any atom is 0.472 e. The summed E-state index contributed by atoms with van der Waals surface area (Å²) in [6.07, 6.45) is 60.2. The predicted molar refractivity (Wildman–Crippen MR) is 409 cm³/mol. The summed E-state index contributed by atoms with van der Waals surface area (Å²) in [5.41, 5.74) is 0. The fourth-order valence-electron chi connectivity index (χ4n) is 12.4.